The summed E-state index contributed by atoms with van der Waals surface area (Å²) in [6.45, 7) is 8.95. The van der Waals surface area contributed by atoms with Gasteiger partial charge in [-0.05, 0) is 24.7 Å². The molecule has 1 heterocycles. The fourth-order valence-electron chi connectivity index (χ4n) is 2.31. The van der Waals surface area contributed by atoms with Crippen molar-refractivity contribution in [1.82, 2.24) is 4.90 Å². The van der Waals surface area contributed by atoms with E-state index in [0.29, 0.717) is 18.4 Å². The van der Waals surface area contributed by atoms with E-state index in [2.05, 4.69) is 20.8 Å². The predicted octanol–water partition coefficient (Wildman–Crippen LogP) is 2.06. The van der Waals surface area contributed by atoms with E-state index in [9.17, 15) is 4.79 Å². The lowest BCUT2D eigenvalue weighted by molar-refractivity contribution is -0.141. The number of carbonyl (C=O) groups is 1. The topological polar surface area (TPSA) is 29.5 Å². The molecule has 0 unspecified atom stereocenters. The Bertz CT molecular complexity index is 266. The summed E-state index contributed by atoms with van der Waals surface area (Å²) in [7, 11) is 0. The second kappa shape index (κ2) is 4.36. The fourth-order valence-corrected chi connectivity index (χ4v) is 2.31. The van der Waals surface area contributed by atoms with Crippen LogP contribution in [0.15, 0.2) is 0 Å². The molecule has 0 aromatic carbocycles. The molecule has 3 heteroatoms. The van der Waals surface area contributed by atoms with E-state index in [1.165, 1.54) is 0 Å². The summed E-state index contributed by atoms with van der Waals surface area (Å²) in [6, 6.07) is 0. The SMILES string of the molecule is CC(C)(C)C[C@H]1CN(C(=O)C2CC2)CCO1. The Morgan fingerprint density at radius 1 is 1.38 bits per heavy atom. The lowest BCUT2D eigenvalue weighted by atomic mass is 9.88. The molecule has 2 aliphatic rings. The second-order valence-electron chi connectivity index (χ2n) is 6.32. The summed E-state index contributed by atoms with van der Waals surface area (Å²) >= 11 is 0. The van der Waals surface area contributed by atoms with Gasteiger partial charge in [0.05, 0.1) is 12.7 Å². The van der Waals surface area contributed by atoms with Gasteiger partial charge >= 0.3 is 0 Å². The summed E-state index contributed by atoms with van der Waals surface area (Å²) in [4.78, 5) is 14.0. The Labute approximate surface area is 98.1 Å². The highest BCUT2D eigenvalue weighted by Crippen LogP contribution is 2.32. The van der Waals surface area contributed by atoms with Crippen LogP contribution >= 0.6 is 0 Å². The highest BCUT2D eigenvalue weighted by molar-refractivity contribution is 5.81. The molecule has 1 saturated heterocycles. The van der Waals surface area contributed by atoms with Gasteiger partial charge in [-0.15, -0.1) is 0 Å². The van der Waals surface area contributed by atoms with Crippen LogP contribution in [0.4, 0.5) is 0 Å². The molecule has 1 saturated carbocycles. The normalized spacial score (nSPS) is 26.9. The lowest BCUT2D eigenvalue weighted by Gasteiger charge is -2.36. The van der Waals surface area contributed by atoms with Crippen molar-refractivity contribution in [3.05, 3.63) is 0 Å². The molecule has 92 valence electrons. The molecule has 0 bridgehead atoms. The molecular weight excluding hydrogens is 202 g/mol. The van der Waals surface area contributed by atoms with Gasteiger partial charge in [-0.3, -0.25) is 4.79 Å². The largest absolute Gasteiger partial charge is 0.375 e. The van der Waals surface area contributed by atoms with Crippen molar-refractivity contribution in [3.63, 3.8) is 0 Å². The molecule has 1 amide bonds. The molecule has 1 aliphatic heterocycles. The zero-order valence-electron chi connectivity index (χ0n) is 10.7. The monoisotopic (exact) mass is 225 g/mol. The van der Waals surface area contributed by atoms with Crippen LogP contribution in [0.3, 0.4) is 0 Å². The van der Waals surface area contributed by atoms with Crippen molar-refractivity contribution < 1.29 is 9.53 Å². The van der Waals surface area contributed by atoms with Crippen molar-refractivity contribution in [2.45, 2.75) is 46.1 Å². The standard InChI is InChI=1S/C13H23NO2/c1-13(2,3)8-11-9-14(6-7-16-11)12(15)10-4-5-10/h10-11H,4-9H2,1-3H3/t11-/m0/s1. The quantitative estimate of drug-likeness (QED) is 0.720. The first kappa shape index (κ1) is 11.9. The Morgan fingerprint density at radius 2 is 2.06 bits per heavy atom. The summed E-state index contributed by atoms with van der Waals surface area (Å²) < 4.78 is 5.74. The van der Waals surface area contributed by atoms with E-state index in [4.69, 9.17) is 4.74 Å². The smallest absolute Gasteiger partial charge is 0.225 e. The van der Waals surface area contributed by atoms with Crippen molar-refractivity contribution >= 4 is 5.91 Å². The first-order valence-corrected chi connectivity index (χ1v) is 6.36. The molecule has 0 radical (unpaired) electrons. The molecule has 2 rings (SSSR count). The maximum atomic E-state index is 11.9. The molecule has 0 aromatic heterocycles. The first-order chi connectivity index (χ1) is 7.46. The van der Waals surface area contributed by atoms with Gasteiger partial charge in [0.25, 0.3) is 0 Å². The van der Waals surface area contributed by atoms with E-state index in [0.717, 1.165) is 32.4 Å². The summed E-state index contributed by atoms with van der Waals surface area (Å²) in [5.41, 5.74) is 0.274. The number of ether oxygens (including phenoxy) is 1. The second-order valence-corrected chi connectivity index (χ2v) is 6.32. The third-order valence-corrected chi connectivity index (χ3v) is 3.22. The Hall–Kier alpha value is -0.570. The van der Waals surface area contributed by atoms with Crippen molar-refractivity contribution in [3.8, 4) is 0 Å². The average molecular weight is 225 g/mol. The number of amides is 1. The van der Waals surface area contributed by atoms with Gasteiger partial charge in [0.15, 0.2) is 0 Å². The number of carbonyl (C=O) groups excluding carboxylic acids is 1. The van der Waals surface area contributed by atoms with E-state index < -0.39 is 0 Å². The maximum absolute atomic E-state index is 11.9. The van der Waals surface area contributed by atoms with E-state index in [-0.39, 0.29) is 11.5 Å². The summed E-state index contributed by atoms with van der Waals surface area (Å²) in [5.74, 6) is 0.704. The molecule has 3 nitrogen and oxygen atoms in total. The van der Waals surface area contributed by atoms with Gasteiger partial charge in [-0.2, -0.15) is 0 Å². The van der Waals surface area contributed by atoms with Crippen LogP contribution in [-0.2, 0) is 9.53 Å². The fraction of sp³-hybridized carbons (Fsp3) is 0.923. The van der Waals surface area contributed by atoms with Gasteiger partial charge in [0.2, 0.25) is 5.91 Å². The number of morpholine rings is 1. The van der Waals surface area contributed by atoms with Crippen molar-refractivity contribution in [2.24, 2.45) is 11.3 Å². The van der Waals surface area contributed by atoms with Crippen molar-refractivity contribution in [1.29, 1.82) is 0 Å². The Balaban J connectivity index is 1.86. The van der Waals surface area contributed by atoms with E-state index >= 15 is 0 Å². The Morgan fingerprint density at radius 3 is 2.62 bits per heavy atom. The zero-order chi connectivity index (χ0) is 11.8. The summed E-state index contributed by atoms with van der Waals surface area (Å²) in [6.07, 6.45) is 3.46. The molecule has 1 aliphatic carbocycles. The first-order valence-electron chi connectivity index (χ1n) is 6.36. The van der Waals surface area contributed by atoms with Gasteiger partial charge < -0.3 is 9.64 Å². The van der Waals surface area contributed by atoms with Crippen LogP contribution in [-0.4, -0.2) is 36.6 Å². The van der Waals surface area contributed by atoms with Gasteiger partial charge in [0, 0.05) is 19.0 Å². The van der Waals surface area contributed by atoms with Gasteiger partial charge in [-0.25, -0.2) is 0 Å². The molecule has 0 spiro atoms. The van der Waals surface area contributed by atoms with Crippen molar-refractivity contribution in [2.75, 3.05) is 19.7 Å². The van der Waals surface area contributed by atoms with E-state index in [1.54, 1.807) is 0 Å². The Kier molecular flexibility index (Phi) is 3.24. The zero-order valence-corrected chi connectivity index (χ0v) is 10.7. The van der Waals surface area contributed by atoms with Crippen LogP contribution in [0.5, 0.6) is 0 Å². The third-order valence-electron chi connectivity index (χ3n) is 3.22. The van der Waals surface area contributed by atoms with Crippen LogP contribution in [0.2, 0.25) is 0 Å². The minimum atomic E-state index is 0.233. The lowest BCUT2D eigenvalue weighted by Crippen LogP contribution is -2.47. The minimum Gasteiger partial charge on any atom is -0.375 e. The highest BCUT2D eigenvalue weighted by atomic mass is 16.5. The predicted molar refractivity (Wildman–Crippen MR) is 63.1 cm³/mol. The molecule has 0 N–H and O–H groups in total. The van der Waals surface area contributed by atoms with Crippen LogP contribution in [0, 0.1) is 11.3 Å². The molecule has 0 aromatic rings. The number of hydrogen-bond acceptors (Lipinski definition) is 2. The van der Waals surface area contributed by atoms with Gasteiger partial charge in [-0.1, -0.05) is 20.8 Å². The van der Waals surface area contributed by atoms with E-state index in [1.807, 2.05) is 4.90 Å². The van der Waals surface area contributed by atoms with Crippen LogP contribution in [0.1, 0.15) is 40.0 Å². The molecular formula is C13H23NO2. The summed E-state index contributed by atoms with van der Waals surface area (Å²) in [5, 5.41) is 0. The molecule has 2 fully saturated rings. The third kappa shape index (κ3) is 3.21. The van der Waals surface area contributed by atoms with Crippen LogP contribution in [0.25, 0.3) is 0 Å². The highest BCUT2D eigenvalue weighted by Gasteiger charge is 2.36. The maximum Gasteiger partial charge on any atom is 0.225 e. The minimum absolute atomic E-state index is 0.233. The van der Waals surface area contributed by atoms with Crippen LogP contribution < -0.4 is 0 Å². The molecule has 16 heavy (non-hydrogen) atoms. The number of nitrogens with zero attached hydrogens (tertiary/aromatic N) is 1. The number of rotatable bonds is 2. The average Bonchev–Trinajstić information content (AvgIpc) is 2.97. The van der Waals surface area contributed by atoms with Gasteiger partial charge in [0.1, 0.15) is 0 Å². The number of hydrogen-bond donors (Lipinski definition) is 0. The molecule has 1 atom stereocenters.